The monoisotopic (exact) mass is 2050 g/mol. The molecular weight excluding hydrogens is 1910 g/mol. The average molecular weight is 2050 g/mol. The second-order valence-corrected chi connectivity index (χ2v) is 46.5. The van der Waals surface area contributed by atoms with E-state index in [1.54, 1.807) is 24.8 Å². The maximum absolute atomic E-state index is 13.5. The summed E-state index contributed by atoms with van der Waals surface area (Å²) in [4.78, 5) is 97.0. The minimum atomic E-state index is -4.13. The Labute approximate surface area is 819 Å². The number of unbranched alkanes of at least 4 members (excludes halogenated alkanes) is 7. The number of hydrogen-bond acceptors (Lipinski definition) is 34. The van der Waals surface area contributed by atoms with Crippen LogP contribution in [0.15, 0.2) is 111 Å². The Bertz CT molecular complexity index is 5140. The van der Waals surface area contributed by atoms with Gasteiger partial charge in [-0.25, -0.2) is 22.0 Å². The van der Waals surface area contributed by atoms with E-state index < -0.39 is 112 Å². The van der Waals surface area contributed by atoms with Crippen LogP contribution in [0.2, 0.25) is 0 Å². The molecule has 35 nitrogen and oxygen atoms in total. The Morgan fingerprint density at radius 2 is 1.00 bits per heavy atom. The average Bonchev–Trinajstić information content (AvgIpc) is 1.60. The number of thiophene rings is 1. The number of primary sulfonamides is 1. The molecule has 3 aliphatic carbocycles. The van der Waals surface area contributed by atoms with E-state index in [1.807, 2.05) is 72.9 Å². The number of nitrogens with two attached hydrogens (primary N) is 1. The lowest BCUT2D eigenvalue weighted by Crippen LogP contribution is -2.40. The van der Waals surface area contributed by atoms with Gasteiger partial charge in [-0.05, 0) is 179 Å². The number of aromatic nitrogens is 4. The Morgan fingerprint density at radius 1 is 0.540 bits per heavy atom. The van der Waals surface area contributed by atoms with Crippen molar-refractivity contribution in [3.8, 4) is 0 Å². The largest absolute Gasteiger partial charge is 0.465 e. The molecule has 3 aromatic heterocycles. The van der Waals surface area contributed by atoms with Crippen LogP contribution in [0.25, 0.3) is 0 Å². The molecule has 42 heteroatoms. The highest BCUT2D eigenvalue weighted by Gasteiger charge is 2.48. The zero-order valence-corrected chi connectivity index (χ0v) is 85.8. The molecule has 8 rings (SSSR count). The first-order chi connectivity index (χ1) is 65.0. The number of carbonyl (C=O) groups excluding carboxylic acids is 8. The number of nitrogens with zero attached hydrogens (tertiary/aromatic N) is 7. The molecule has 766 valence electrons. The number of fused-ring (bicyclic) bond motifs is 1. The standard InChI is InChI=1S/C37H50N2O10S3.C30H47N3O9S2.C28H45N3O8S2/c1-5-39(32-21-24(2)51(44,45)37-31(32)22-36(50-37)52(38,46)47)35(43)16-12-7-6-11-15-29-30(34(49-26(4)41)23-33(29)48-25(3)40)20-19-28(42)18-17-27-13-9-8-10-14-27;1-4-5-8-12-23(36)15-16-24-25(27(20-26(24)37)42-22(3)35)13-9-6-7-10-14-29(38)41-18-11-17-31-44(39,40)30-33-32-28(43-30)19-21(2)34;1-3-4-7-11-21(33)14-15-23-22(24(34)19-25(23)35)12-8-5-6-9-13-27(36)39-17-10-16-29-41(37,38)28-31-30-26(40-28)18-20(2)32/h6,8-11,13-14,19-20,22,24,28-30,32-34,42H,5,7,12,15-18,21,23H2,1-4H3,(H2,38,46,47);6,9,17,23-27,36-37H,4-5,7-8,10-16,18-20H2,1-3H3;5,8,16,21-25,33-35H,3-4,6-7,9-15,17-19H2,1-2H3/b11-6-,20-19+;9-6-,31-17?;8-5-,29-16?/t24-,28-,29+,30+,32-,33-,34+;23-,24+,25+,26+,27-;21-,22+,23+,24-,25+/m000/s1. The maximum Gasteiger partial charge on any atom is 0.311 e. The summed E-state index contributed by atoms with van der Waals surface area (Å²) in [6.45, 7) is 14.7. The topological polar surface area (TPSA) is 546 Å². The first-order valence-corrected chi connectivity index (χ1v) is 55.9. The molecule has 0 radical (unpaired) electrons. The van der Waals surface area contributed by atoms with E-state index in [-0.39, 0.29) is 159 Å². The zero-order chi connectivity index (χ0) is 101. The van der Waals surface area contributed by atoms with Crippen LogP contribution >= 0.6 is 34.0 Å². The van der Waals surface area contributed by atoms with Gasteiger partial charge in [-0.2, -0.15) is 25.6 Å². The molecule has 8 N–H and O–H groups in total. The van der Waals surface area contributed by atoms with Gasteiger partial charge in [-0.3, -0.25) is 38.4 Å². The van der Waals surface area contributed by atoms with Crippen molar-refractivity contribution < 1.29 is 126 Å². The molecule has 0 spiro atoms. The molecule has 0 unspecified atom stereocenters. The van der Waals surface area contributed by atoms with Crippen LogP contribution in [0.4, 0.5) is 0 Å². The third-order valence-electron chi connectivity index (χ3n) is 24.2. The highest BCUT2D eigenvalue weighted by atomic mass is 32.3. The SMILES string of the molecule is CCCCC[C@H](O)CC[C@@H]1[C@@H](C/C=C\CCCC(=O)OCCC=NS(=O)(=O)c2nnc(CC(C)=O)s2)[C@@H](O)C[C@H]1O.CCCCC[C@H](O)CC[C@@H]1[C@@H](C/C=C\CCCC(=O)OCCC=NS(=O)(=O)c2nnc(CC(C)=O)s2)[C@@H](OC(C)=O)C[C@H]1O.CCN(C(=O)CCC/C=C\C[C@@H]1[C@@H](/C=C/[C@@H](O)CCc2ccccc2)[C@H](OC(C)=O)C[C@@H]1OC(C)=O)[C@H]1C[C@H](C)S(=O)(=O)c2sc(S(N)(=O)=O)cc21. The molecule has 4 aliphatic rings. The van der Waals surface area contributed by atoms with Crippen molar-refractivity contribution in [2.45, 2.75) is 364 Å². The number of hydrogen-bond donors (Lipinski definition) is 7. The normalized spacial score (nSPS) is 22.8. The summed E-state index contributed by atoms with van der Waals surface area (Å²) in [7, 11) is -15.9. The fourth-order valence-electron chi connectivity index (χ4n) is 17.3. The quantitative estimate of drug-likeness (QED) is 0.00709. The van der Waals surface area contributed by atoms with E-state index in [2.05, 4.69) is 43.0 Å². The highest BCUT2D eigenvalue weighted by Crippen LogP contribution is 2.47. The molecule has 1 amide bonds. The molecule has 3 fully saturated rings. The number of allylic oxidation sites excluding steroid dienone is 6. The van der Waals surface area contributed by atoms with E-state index in [9.17, 15) is 103 Å². The van der Waals surface area contributed by atoms with Gasteiger partial charge in [0.25, 0.3) is 8.68 Å². The lowest BCUT2D eigenvalue weighted by molar-refractivity contribution is -0.150. The number of aliphatic hydroxyl groups is 6. The number of ketones is 2. The molecule has 0 bridgehead atoms. The second-order valence-electron chi connectivity index (χ2n) is 35.3. The molecule has 1 aliphatic heterocycles. The summed E-state index contributed by atoms with van der Waals surface area (Å²) < 4.78 is 132. The lowest BCUT2D eigenvalue weighted by atomic mass is 9.85. The molecule has 137 heavy (non-hydrogen) atoms. The van der Waals surface area contributed by atoms with Crippen molar-refractivity contribution in [1.82, 2.24) is 25.3 Å². The van der Waals surface area contributed by atoms with Gasteiger partial charge in [0.15, 0.2) is 9.84 Å². The summed E-state index contributed by atoms with van der Waals surface area (Å²) in [6, 6.07) is 10.5. The number of sulfonamides is 3. The summed E-state index contributed by atoms with van der Waals surface area (Å²) in [6.07, 6.45) is 32.2. The van der Waals surface area contributed by atoms with Gasteiger partial charge in [-0.15, -0.1) is 31.7 Å². The van der Waals surface area contributed by atoms with Gasteiger partial charge in [0.1, 0.15) is 48.3 Å². The number of aliphatic hydroxyl groups excluding tert-OH is 6. The second kappa shape index (κ2) is 60.3. The maximum atomic E-state index is 13.5. The Balaban J connectivity index is 0.000000318. The van der Waals surface area contributed by atoms with Gasteiger partial charge >= 0.3 is 49.9 Å². The number of rotatable bonds is 57. The molecule has 0 saturated heterocycles. The number of aryl methyl sites for hydroxylation is 1. The van der Waals surface area contributed by atoms with E-state index >= 15 is 0 Å². The fraction of sp³-hybridized carbons (Fsp3) is 0.663. The third kappa shape index (κ3) is 41.6. The summed E-state index contributed by atoms with van der Waals surface area (Å²) in [5.41, 5.74) is 1.41. The van der Waals surface area contributed by atoms with Crippen LogP contribution in [-0.2, 0) is 121 Å². The van der Waals surface area contributed by atoms with Crippen LogP contribution < -0.4 is 5.14 Å². The van der Waals surface area contributed by atoms with E-state index in [4.69, 9.17) is 28.8 Å². The van der Waals surface area contributed by atoms with Gasteiger partial charge < -0.3 is 59.2 Å². The van der Waals surface area contributed by atoms with Crippen LogP contribution in [0, 0.1) is 35.5 Å². The van der Waals surface area contributed by atoms with Crippen molar-refractivity contribution in [3.05, 3.63) is 106 Å². The minimum absolute atomic E-state index is 0.00399. The molecule has 3 saturated carbocycles. The first kappa shape index (κ1) is 118. The molecule has 4 aromatic rings. The van der Waals surface area contributed by atoms with E-state index in [0.29, 0.717) is 149 Å². The highest BCUT2D eigenvalue weighted by molar-refractivity contribution is 7.95. The molecular formula is C95H142N8O27S7. The van der Waals surface area contributed by atoms with Gasteiger partial charge in [0.05, 0.1) is 74.0 Å². The number of carbonyl (C=O) groups is 8. The Kier molecular flexibility index (Phi) is 51.8. The van der Waals surface area contributed by atoms with E-state index in [1.165, 1.54) is 40.7 Å². The van der Waals surface area contributed by atoms with Crippen LogP contribution in [0.5, 0.6) is 0 Å². The van der Waals surface area contributed by atoms with Crippen molar-refractivity contribution in [1.29, 1.82) is 0 Å². The van der Waals surface area contributed by atoms with Gasteiger partial charge in [-0.1, -0.05) is 154 Å². The van der Waals surface area contributed by atoms with Gasteiger partial charge in [0.2, 0.25) is 15.9 Å². The van der Waals surface area contributed by atoms with Crippen molar-refractivity contribution in [2.24, 2.45) is 49.4 Å². The summed E-state index contributed by atoms with van der Waals surface area (Å²) in [5, 5.41) is 82.5. The Hall–Kier alpha value is -7.98. The van der Waals surface area contributed by atoms with Crippen molar-refractivity contribution in [3.63, 3.8) is 0 Å². The lowest BCUT2D eigenvalue weighted by Gasteiger charge is -2.36. The smallest absolute Gasteiger partial charge is 0.311 e. The summed E-state index contributed by atoms with van der Waals surface area (Å²) in [5.74, 6) is -3.24. The zero-order valence-electron chi connectivity index (χ0n) is 80.0. The fourth-order valence-corrected chi connectivity index (χ4v) is 25.7. The van der Waals surface area contributed by atoms with Crippen LogP contribution in [0.3, 0.4) is 0 Å². The van der Waals surface area contributed by atoms with Crippen molar-refractivity contribution in [2.75, 3.05) is 19.8 Å². The number of sulfone groups is 1. The minimum Gasteiger partial charge on any atom is -0.465 e. The molecule has 4 heterocycles. The number of Topliss-reactive ketones (excluding diaryl/α,β-unsaturated/α-hetero) is 2. The predicted molar refractivity (Wildman–Crippen MR) is 519 cm³/mol. The Morgan fingerprint density at radius 3 is 1.48 bits per heavy atom. The number of benzene rings is 1. The summed E-state index contributed by atoms with van der Waals surface area (Å²) >= 11 is 2.22. The number of amides is 1. The van der Waals surface area contributed by atoms with Crippen LogP contribution in [-0.4, -0.2) is 229 Å². The third-order valence-corrected chi connectivity index (χ3v) is 34.6. The van der Waals surface area contributed by atoms with E-state index in [0.717, 1.165) is 92.0 Å². The van der Waals surface area contributed by atoms with Crippen molar-refractivity contribution >= 4 is 134 Å². The van der Waals surface area contributed by atoms with Gasteiger partial charge in [0, 0.05) is 108 Å². The number of esters is 5. The molecule has 1 aromatic carbocycles. The first-order valence-electron chi connectivity index (χ1n) is 47.5. The van der Waals surface area contributed by atoms with Crippen LogP contribution in [0.1, 0.15) is 289 Å². The number of ether oxygens (including phenoxy) is 5. The molecule has 17 atom stereocenters. The predicted octanol–water partition coefficient (Wildman–Crippen LogP) is 12.7.